The van der Waals surface area contributed by atoms with Crippen molar-refractivity contribution in [3.8, 4) is 0 Å². The lowest BCUT2D eigenvalue weighted by atomic mass is 9.79. The van der Waals surface area contributed by atoms with Gasteiger partial charge in [0.1, 0.15) is 5.41 Å². The number of hydrogen-bond acceptors (Lipinski definition) is 1. The summed E-state index contributed by atoms with van der Waals surface area (Å²) in [5.41, 5.74) is -0.199. The number of alkyl halides is 3. The van der Waals surface area contributed by atoms with E-state index in [1.807, 2.05) is 12.1 Å². The number of hydrogen-bond donors (Lipinski definition) is 0. The molecular formula is C18H15BCl2F3N. The maximum atomic E-state index is 14.0. The molecule has 0 aliphatic carbocycles. The molecule has 130 valence electrons. The van der Waals surface area contributed by atoms with E-state index in [1.165, 1.54) is 18.2 Å². The van der Waals surface area contributed by atoms with Crippen LogP contribution in [0.3, 0.4) is 0 Å². The molecule has 2 aromatic rings. The summed E-state index contributed by atoms with van der Waals surface area (Å²) in [5.74, 6) is 0. The summed E-state index contributed by atoms with van der Waals surface area (Å²) in [4.78, 5) is 1.74. The Morgan fingerprint density at radius 1 is 1.04 bits per heavy atom. The van der Waals surface area contributed by atoms with E-state index in [9.17, 15) is 13.2 Å². The molecule has 0 amide bonds. The van der Waals surface area contributed by atoms with Crippen LogP contribution in [0, 0.1) is 0 Å². The average Bonchev–Trinajstić information content (AvgIpc) is 3.00. The van der Waals surface area contributed by atoms with Crippen molar-refractivity contribution < 1.29 is 13.2 Å². The maximum absolute atomic E-state index is 14.0. The standard InChI is InChI=1S/C18H15BCl2F3N/c19-10-12-1-3-16(4-2-12)25-6-5-17(11-25,18(22,23)24)13-7-14(20)9-15(21)8-13/h1-4,7-9H,5-6,10-11H2. The van der Waals surface area contributed by atoms with Gasteiger partial charge in [0.15, 0.2) is 0 Å². The minimum absolute atomic E-state index is 0.0498. The van der Waals surface area contributed by atoms with Crippen LogP contribution in [0.5, 0.6) is 0 Å². The molecule has 0 spiro atoms. The zero-order valence-electron chi connectivity index (χ0n) is 13.3. The molecule has 0 bridgehead atoms. The summed E-state index contributed by atoms with van der Waals surface area (Å²) in [7, 11) is 5.57. The molecular weight excluding hydrogens is 369 g/mol. The van der Waals surface area contributed by atoms with Crippen molar-refractivity contribution in [2.45, 2.75) is 24.3 Å². The fraction of sp³-hybridized carbons (Fsp3) is 0.333. The molecule has 0 saturated carbocycles. The van der Waals surface area contributed by atoms with Gasteiger partial charge in [-0.3, -0.25) is 0 Å². The van der Waals surface area contributed by atoms with Gasteiger partial charge in [-0.05, 0) is 42.3 Å². The zero-order chi connectivity index (χ0) is 18.2. The molecule has 25 heavy (non-hydrogen) atoms. The van der Waals surface area contributed by atoms with E-state index in [0.717, 1.165) is 11.3 Å². The minimum atomic E-state index is -4.41. The van der Waals surface area contributed by atoms with Gasteiger partial charge >= 0.3 is 6.18 Å². The van der Waals surface area contributed by atoms with Gasteiger partial charge in [0, 0.05) is 28.8 Å². The lowest BCUT2D eigenvalue weighted by Crippen LogP contribution is -2.44. The SMILES string of the molecule is [B]Cc1ccc(N2CCC(c3cc(Cl)cc(Cl)c3)(C(F)(F)F)C2)cc1. The number of rotatable bonds is 3. The molecule has 1 aliphatic rings. The van der Waals surface area contributed by atoms with Crippen LogP contribution in [0.1, 0.15) is 17.5 Å². The summed E-state index contributed by atoms with van der Waals surface area (Å²) in [6.07, 6.45) is -4.06. The highest BCUT2D eigenvalue weighted by atomic mass is 35.5. The van der Waals surface area contributed by atoms with Gasteiger partial charge < -0.3 is 4.90 Å². The largest absolute Gasteiger partial charge is 0.400 e. The Balaban J connectivity index is 1.98. The molecule has 1 atom stereocenters. The first kappa shape index (κ1) is 18.5. The topological polar surface area (TPSA) is 3.24 Å². The monoisotopic (exact) mass is 383 g/mol. The van der Waals surface area contributed by atoms with Crippen LogP contribution in [-0.4, -0.2) is 27.1 Å². The Morgan fingerprint density at radius 3 is 2.16 bits per heavy atom. The second-order valence-electron chi connectivity index (χ2n) is 6.28. The first-order valence-electron chi connectivity index (χ1n) is 7.82. The Kier molecular flexibility index (Phi) is 5.00. The maximum Gasteiger partial charge on any atom is 0.400 e. The third kappa shape index (κ3) is 3.49. The van der Waals surface area contributed by atoms with Crippen molar-refractivity contribution in [1.29, 1.82) is 0 Å². The van der Waals surface area contributed by atoms with Gasteiger partial charge in [0.05, 0.1) is 7.85 Å². The molecule has 1 aliphatic heterocycles. The molecule has 1 saturated heterocycles. The van der Waals surface area contributed by atoms with Gasteiger partial charge in [0.2, 0.25) is 0 Å². The van der Waals surface area contributed by atoms with Crippen LogP contribution in [0.15, 0.2) is 42.5 Å². The lowest BCUT2D eigenvalue weighted by Gasteiger charge is -2.33. The van der Waals surface area contributed by atoms with Crippen LogP contribution in [0.4, 0.5) is 18.9 Å². The highest BCUT2D eigenvalue weighted by Gasteiger charge is 2.59. The fourth-order valence-electron chi connectivity index (χ4n) is 3.33. The quantitative estimate of drug-likeness (QED) is 0.644. The third-order valence-electron chi connectivity index (χ3n) is 4.76. The Hall–Kier alpha value is -1.33. The molecule has 2 radical (unpaired) electrons. The summed E-state index contributed by atoms with van der Waals surface area (Å²) < 4.78 is 42.1. The van der Waals surface area contributed by atoms with Gasteiger partial charge in [-0.25, -0.2) is 0 Å². The van der Waals surface area contributed by atoms with Gasteiger partial charge in [-0.15, -0.1) is 0 Å². The Bertz CT molecular complexity index is 744. The van der Waals surface area contributed by atoms with Crippen LogP contribution >= 0.6 is 23.2 Å². The average molecular weight is 384 g/mol. The Labute approximate surface area is 156 Å². The predicted octanol–water partition coefficient (Wildman–Crippen LogP) is 5.37. The van der Waals surface area contributed by atoms with Crippen molar-refractivity contribution in [3.63, 3.8) is 0 Å². The second kappa shape index (κ2) is 6.77. The van der Waals surface area contributed by atoms with Crippen LogP contribution in [-0.2, 0) is 11.7 Å². The number of nitrogens with zero attached hydrogens (tertiary/aromatic N) is 1. The fourth-order valence-corrected chi connectivity index (χ4v) is 3.86. The zero-order valence-corrected chi connectivity index (χ0v) is 14.8. The van der Waals surface area contributed by atoms with Crippen molar-refractivity contribution in [2.24, 2.45) is 0 Å². The summed E-state index contributed by atoms with van der Waals surface area (Å²) >= 11 is 11.9. The van der Waals surface area contributed by atoms with E-state index in [2.05, 4.69) is 0 Å². The van der Waals surface area contributed by atoms with Crippen molar-refractivity contribution in [3.05, 3.63) is 63.6 Å². The van der Waals surface area contributed by atoms with E-state index in [0.29, 0.717) is 12.9 Å². The molecule has 1 unspecified atom stereocenters. The van der Waals surface area contributed by atoms with Crippen LogP contribution in [0.25, 0.3) is 0 Å². The van der Waals surface area contributed by atoms with Gasteiger partial charge in [0.25, 0.3) is 0 Å². The van der Waals surface area contributed by atoms with E-state index >= 15 is 0 Å². The second-order valence-corrected chi connectivity index (χ2v) is 7.15. The van der Waals surface area contributed by atoms with E-state index < -0.39 is 11.6 Å². The predicted molar refractivity (Wildman–Crippen MR) is 96.9 cm³/mol. The highest BCUT2D eigenvalue weighted by molar-refractivity contribution is 6.34. The number of benzene rings is 2. The number of anilines is 1. The molecule has 0 aromatic heterocycles. The first-order valence-corrected chi connectivity index (χ1v) is 8.58. The molecule has 7 heteroatoms. The molecule has 1 nitrogen and oxygen atoms in total. The Morgan fingerprint density at radius 2 is 1.64 bits per heavy atom. The van der Waals surface area contributed by atoms with Crippen LogP contribution in [0.2, 0.25) is 10.0 Å². The van der Waals surface area contributed by atoms with Crippen LogP contribution < -0.4 is 4.90 Å². The summed E-state index contributed by atoms with van der Waals surface area (Å²) in [5, 5.41) is 0.411. The summed E-state index contributed by atoms with van der Waals surface area (Å²) in [6, 6.07) is 11.4. The summed E-state index contributed by atoms with van der Waals surface area (Å²) in [6.45, 7) is 0.126. The van der Waals surface area contributed by atoms with Crippen molar-refractivity contribution in [2.75, 3.05) is 18.0 Å². The molecule has 1 fully saturated rings. The number of halogens is 5. The van der Waals surface area contributed by atoms with E-state index in [-0.39, 0.29) is 28.6 Å². The molecule has 1 heterocycles. The normalized spacial score (nSPS) is 20.9. The molecule has 3 rings (SSSR count). The smallest absolute Gasteiger partial charge is 0.370 e. The first-order chi connectivity index (χ1) is 11.7. The minimum Gasteiger partial charge on any atom is -0.370 e. The van der Waals surface area contributed by atoms with E-state index in [4.69, 9.17) is 31.0 Å². The van der Waals surface area contributed by atoms with Crippen molar-refractivity contribution in [1.82, 2.24) is 0 Å². The highest BCUT2D eigenvalue weighted by Crippen LogP contribution is 2.49. The molecule has 0 N–H and O–H groups in total. The van der Waals surface area contributed by atoms with E-state index in [1.54, 1.807) is 17.0 Å². The van der Waals surface area contributed by atoms with Gasteiger partial charge in [-0.1, -0.05) is 47.2 Å². The van der Waals surface area contributed by atoms with Crippen molar-refractivity contribution >= 4 is 36.7 Å². The third-order valence-corrected chi connectivity index (χ3v) is 5.20. The molecule has 2 aromatic carbocycles. The van der Waals surface area contributed by atoms with Gasteiger partial charge in [-0.2, -0.15) is 13.2 Å². The lowest BCUT2D eigenvalue weighted by molar-refractivity contribution is -0.184.